The zero-order chi connectivity index (χ0) is 23.0. The Morgan fingerprint density at radius 2 is 1.64 bits per heavy atom. The third-order valence-corrected chi connectivity index (χ3v) is 5.61. The Hall–Kier alpha value is -3.84. The molecule has 0 radical (unpaired) electrons. The summed E-state index contributed by atoms with van der Waals surface area (Å²) in [6.45, 7) is 1.92. The third-order valence-electron chi connectivity index (χ3n) is 4.64. The van der Waals surface area contributed by atoms with E-state index in [9.17, 15) is 9.59 Å². The molecule has 1 aliphatic rings. The van der Waals surface area contributed by atoms with Gasteiger partial charge in [0.05, 0.1) is 22.9 Å². The molecule has 0 unspecified atom stereocenters. The summed E-state index contributed by atoms with van der Waals surface area (Å²) in [5.41, 5.74) is 2.37. The molecule has 0 aliphatic carbocycles. The van der Waals surface area contributed by atoms with E-state index in [-0.39, 0.29) is 12.5 Å². The number of anilines is 1. The van der Waals surface area contributed by atoms with Gasteiger partial charge in [0.25, 0.3) is 5.91 Å². The molecule has 1 saturated heterocycles. The highest BCUT2D eigenvalue weighted by molar-refractivity contribution is 8.19. The van der Waals surface area contributed by atoms with Crippen LogP contribution in [0, 0.1) is 0 Å². The highest BCUT2D eigenvalue weighted by Crippen LogP contribution is 2.37. The molecule has 1 heterocycles. The molecule has 0 bridgehead atoms. The number of hydrogen-bond donors (Lipinski definition) is 0. The van der Waals surface area contributed by atoms with E-state index in [0.29, 0.717) is 22.4 Å². The summed E-state index contributed by atoms with van der Waals surface area (Å²) in [5.74, 6) is -0.000697. The fourth-order valence-corrected chi connectivity index (χ4v) is 4.12. The van der Waals surface area contributed by atoms with Crippen molar-refractivity contribution in [1.29, 1.82) is 0 Å². The van der Waals surface area contributed by atoms with Crippen LogP contribution in [0.4, 0.5) is 11.4 Å². The largest absolute Gasteiger partial charge is 0.482 e. The minimum Gasteiger partial charge on any atom is -0.482 e. The molecule has 7 heteroatoms. The number of nitrogens with zero attached hydrogens (tertiary/aromatic N) is 2. The Kier molecular flexibility index (Phi) is 7.22. The van der Waals surface area contributed by atoms with Crippen molar-refractivity contribution >= 4 is 46.3 Å². The van der Waals surface area contributed by atoms with Gasteiger partial charge in [0, 0.05) is 0 Å². The standard InChI is InChI=1S/C26H22N2O4S/c1-2-31-24(29)18-32-22-15-13-19(14-16-22)17-23-25(30)28(21-11-7-4-8-12-21)26(33-23)27-20-9-5-3-6-10-20/h3-17H,2,18H2,1H3. The van der Waals surface area contributed by atoms with Crippen LogP contribution < -0.4 is 9.64 Å². The summed E-state index contributed by atoms with van der Waals surface area (Å²) >= 11 is 1.33. The van der Waals surface area contributed by atoms with Gasteiger partial charge in [0.15, 0.2) is 11.8 Å². The quantitative estimate of drug-likeness (QED) is 0.349. The number of carbonyl (C=O) groups is 2. The molecule has 3 aromatic rings. The van der Waals surface area contributed by atoms with Crippen LogP contribution in [0.1, 0.15) is 12.5 Å². The van der Waals surface area contributed by atoms with Gasteiger partial charge < -0.3 is 9.47 Å². The van der Waals surface area contributed by atoms with Gasteiger partial charge in [-0.3, -0.25) is 9.69 Å². The predicted molar refractivity (Wildman–Crippen MR) is 132 cm³/mol. The summed E-state index contributed by atoms with van der Waals surface area (Å²) < 4.78 is 10.3. The highest BCUT2D eigenvalue weighted by Gasteiger charge is 2.34. The Morgan fingerprint density at radius 1 is 0.970 bits per heavy atom. The van der Waals surface area contributed by atoms with Crippen LogP contribution in [0.3, 0.4) is 0 Å². The number of amides is 1. The van der Waals surface area contributed by atoms with Gasteiger partial charge in [-0.1, -0.05) is 48.5 Å². The Balaban J connectivity index is 1.57. The zero-order valence-electron chi connectivity index (χ0n) is 18.0. The zero-order valence-corrected chi connectivity index (χ0v) is 18.8. The number of benzene rings is 3. The summed E-state index contributed by atoms with van der Waals surface area (Å²) in [4.78, 5) is 31.6. The van der Waals surface area contributed by atoms with E-state index < -0.39 is 5.97 Å². The number of rotatable bonds is 7. The maximum Gasteiger partial charge on any atom is 0.344 e. The summed E-state index contributed by atoms with van der Waals surface area (Å²) in [6, 6.07) is 26.2. The van der Waals surface area contributed by atoms with E-state index in [1.807, 2.05) is 78.9 Å². The Labute approximate surface area is 196 Å². The van der Waals surface area contributed by atoms with Gasteiger partial charge in [0.1, 0.15) is 5.75 Å². The van der Waals surface area contributed by atoms with E-state index >= 15 is 0 Å². The second kappa shape index (κ2) is 10.7. The minimum atomic E-state index is -0.414. The summed E-state index contributed by atoms with van der Waals surface area (Å²) in [7, 11) is 0. The van der Waals surface area contributed by atoms with Crippen molar-refractivity contribution < 1.29 is 19.1 Å². The van der Waals surface area contributed by atoms with Crippen molar-refractivity contribution in [2.75, 3.05) is 18.1 Å². The van der Waals surface area contributed by atoms with Gasteiger partial charge >= 0.3 is 5.97 Å². The molecule has 1 amide bonds. The van der Waals surface area contributed by atoms with E-state index in [0.717, 1.165) is 16.9 Å². The number of esters is 1. The van der Waals surface area contributed by atoms with Crippen molar-refractivity contribution in [3.05, 3.63) is 95.4 Å². The monoisotopic (exact) mass is 458 g/mol. The van der Waals surface area contributed by atoms with Crippen molar-refractivity contribution in [2.24, 2.45) is 4.99 Å². The maximum absolute atomic E-state index is 13.3. The van der Waals surface area contributed by atoms with Crippen LogP contribution in [-0.2, 0) is 14.3 Å². The van der Waals surface area contributed by atoms with Crippen LogP contribution in [0.2, 0.25) is 0 Å². The first kappa shape index (κ1) is 22.4. The van der Waals surface area contributed by atoms with Crippen LogP contribution in [0.15, 0.2) is 94.8 Å². The SMILES string of the molecule is CCOC(=O)COc1ccc(C=C2SC(=Nc3ccccc3)N(c3ccccc3)C2=O)cc1. The topological polar surface area (TPSA) is 68.2 Å². The molecule has 1 fully saturated rings. The van der Waals surface area contributed by atoms with Crippen molar-refractivity contribution in [3.63, 3.8) is 0 Å². The molecule has 0 N–H and O–H groups in total. The lowest BCUT2D eigenvalue weighted by atomic mass is 10.2. The Bertz CT molecular complexity index is 1180. The first-order valence-corrected chi connectivity index (χ1v) is 11.3. The fourth-order valence-electron chi connectivity index (χ4n) is 3.12. The smallest absolute Gasteiger partial charge is 0.344 e. The number of amidine groups is 1. The molecular formula is C26H22N2O4S. The van der Waals surface area contributed by atoms with Crippen LogP contribution in [-0.4, -0.2) is 30.3 Å². The first-order chi connectivity index (χ1) is 16.1. The summed E-state index contributed by atoms with van der Waals surface area (Å²) in [5, 5.41) is 0.595. The number of hydrogen-bond acceptors (Lipinski definition) is 6. The molecule has 0 saturated carbocycles. The number of aliphatic imine (C=N–C) groups is 1. The molecule has 0 spiro atoms. The van der Waals surface area contributed by atoms with Gasteiger partial charge in [-0.05, 0) is 66.7 Å². The average Bonchev–Trinajstić information content (AvgIpc) is 3.14. The minimum absolute atomic E-state index is 0.136. The van der Waals surface area contributed by atoms with E-state index in [1.165, 1.54) is 11.8 Å². The molecule has 1 aliphatic heterocycles. The molecule has 166 valence electrons. The van der Waals surface area contributed by atoms with Crippen LogP contribution in [0.25, 0.3) is 6.08 Å². The van der Waals surface area contributed by atoms with Crippen LogP contribution in [0.5, 0.6) is 5.75 Å². The number of carbonyl (C=O) groups excluding carboxylic acids is 2. The lowest BCUT2D eigenvalue weighted by molar-refractivity contribution is -0.145. The Morgan fingerprint density at radius 3 is 2.30 bits per heavy atom. The normalized spacial score (nSPS) is 15.8. The van der Waals surface area contributed by atoms with E-state index in [4.69, 9.17) is 14.5 Å². The second-order valence-electron chi connectivity index (χ2n) is 6.98. The highest BCUT2D eigenvalue weighted by atomic mass is 32.2. The van der Waals surface area contributed by atoms with Crippen molar-refractivity contribution in [3.8, 4) is 5.75 Å². The van der Waals surface area contributed by atoms with E-state index in [1.54, 1.807) is 24.0 Å². The lowest BCUT2D eigenvalue weighted by Crippen LogP contribution is -2.28. The number of thioether (sulfide) groups is 1. The average molecular weight is 459 g/mol. The lowest BCUT2D eigenvalue weighted by Gasteiger charge is -2.15. The predicted octanol–water partition coefficient (Wildman–Crippen LogP) is 5.44. The molecule has 0 aromatic heterocycles. The van der Waals surface area contributed by atoms with Crippen molar-refractivity contribution in [1.82, 2.24) is 0 Å². The third kappa shape index (κ3) is 5.70. The van der Waals surface area contributed by atoms with Gasteiger partial charge in [-0.15, -0.1) is 0 Å². The van der Waals surface area contributed by atoms with E-state index in [2.05, 4.69) is 0 Å². The number of ether oxygens (including phenoxy) is 2. The second-order valence-corrected chi connectivity index (χ2v) is 7.99. The molecular weight excluding hydrogens is 436 g/mol. The molecule has 4 rings (SSSR count). The summed E-state index contributed by atoms with van der Waals surface area (Å²) in [6.07, 6.45) is 1.82. The molecule has 6 nitrogen and oxygen atoms in total. The fraction of sp³-hybridized carbons (Fsp3) is 0.115. The first-order valence-electron chi connectivity index (χ1n) is 10.5. The van der Waals surface area contributed by atoms with Crippen molar-refractivity contribution in [2.45, 2.75) is 6.92 Å². The van der Waals surface area contributed by atoms with Gasteiger partial charge in [-0.2, -0.15) is 0 Å². The molecule has 0 atom stereocenters. The van der Waals surface area contributed by atoms with Crippen LogP contribution >= 0.6 is 11.8 Å². The molecule has 33 heavy (non-hydrogen) atoms. The maximum atomic E-state index is 13.3. The van der Waals surface area contributed by atoms with Gasteiger partial charge in [0.2, 0.25) is 0 Å². The molecule has 3 aromatic carbocycles. The van der Waals surface area contributed by atoms with Gasteiger partial charge in [-0.25, -0.2) is 9.79 Å². The number of para-hydroxylation sites is 2.